The fourth-order valence-electron chi connectivity index (χ4n) is 3.31. The van der Waals surface area contributed by atoms with Crippen LogP contribution in [0.1, 0.15) is 47.0 Å². The van der Waals surface area contributed by atoms with Gasteiger partial charge in [0.25, 0.3) is 0 Å². The number of nitrogens with one attached hydrogen (secondary N) is 1. The number of amides is 1. The van der Waals surface area contributed by atoms with Crippen LogP contribution in [0.3, 0.4) is 0 Å². The van der Waals surface area contributed by atoms with Crippen molar-refractivity contribution < 1.29 is 67.0 Å². The quantitative estimate of drug-likeness (QED) is 0.209. The van der Waals surface area contributed by atoms with E-state index >= 15 is 0 Å². The molecule has 1 aromatic rings. The highest BCUT2D eigenvalue weighted by atomic mass is 32.1. The van der Waals surface area contributed by atoms with Gasteiger partial charge < -0.3 is 10.1 Å². The molecule has 206 valence electrons. The summed E-state index contributed by atoms with van der Waals surface area (Å²) in [7, 11) is 0. The topological polar surface area (TPSA) is 55.4 Å². The van der Waals surface area contributed by atoms with Crippen molar-refractivity contribution >= 4 is 28.2 Å². The first-order valence-corrected chi connectivity index (χ1v) is 10.9. The molecule has 1 aliphatic rings. The first kappa shape index (κ1) is 30.0. The van der Waals surface area contributed by atoms with E-state index < -0.39 is 58.5 Å². The average molecular weight is 567 g/mol. The molecule has 0 aliphatic heterocycles. The van der Waals surface area contributed by atoms with E-state index in [1.165, 1.54) is 6.92 Å². The molecule has 0 fully saturated rings. The van der Waals surface area contributed by atoms with Crippen LogP contribution in [-0.4, -0.2) is 54.5 Å². The molecule has 2 rings (SSSR count). The van der Waals surface area contributed by atoms with Crippen LogP contribution in [0.4, 0.5) is 57.7 Å². The predicted molar refractivity (Wildman–Crippen MR) is 101 cm³/mol. The van der Waals surface area contributed by atoms with Crippen LogP contribution in [0.5, 0.6) is 0 Å². The summed E-state index contributed by atoms with van der Waals surface area (Å²) in [5, 5.41) is 0.241. The maximum absolute atomic E-state index is 14.2. The number of anilines is 1. The molecule has 4 nitrogen and oxygen atoms in total. The van der Waals surface area contributed by atoms with Crippen LogP contribution < -0.4 is 5.32 Å². The molecule has 36 heavy (non-hydrogen) atoms. The normalized spacial score (nSPS) is 15.9. The monoisotopic (exact) mass is 567 g/mol. The number of esters is 1. The molecule has 1 aromatic heterocycles. The number of hydrogen-bond donors (Lipinski definition) is 1. The zero-order chi connectivity index (χ0) is 27.9. The Hall–Kier alpha value is -2.20. The van der Waals surface area contributed by atoms with Crippen LogP contribution in [0.25, 0.3) is 0 Å². The number of thiophene rings is 1. The van der Waals surface area contributed by atoms with Crippen molar-refractivity contribution in [2.45, 2.75) is 75.1 Å². The van der Waals surface area contributed by atoms with Gasteiger partial charge in [-0.2, -0.15) is 43.9 Å². The maximum atomic E-state index is 14.2. The van der Waals surface area contributed by atoms with E-state index in [2.05, 4.69) is 0 Å². The SMILES string of the molecule is CCOC(=O)c1c(NC(=O)C(F)(F)C(F)(F)C(F)(F)C(F)(F)C(F)(F)C(F)F)sc2c1CCCCC2. The fraction of sp³-hybridized carbons (Fsp3) is 0.684. The highest BCUT2D eigenvalue weighted by Gasteiger charge is 2.89. The first-order chi connectivity index (χ1) is 16.3. The summed E-state index contributed by atoms with van der Waals surface area (Å²) in [6, 6.07) is 0. The molecule has 0 saturated heterocycles. The standard InChI is InChI=1S/C19H17F12NO3S/c1-2-35-12(33)10-8-6-4-3-5-7-9(8)36-11(10)32-14(34)16(24,25)18(28,29)19(30,31)17(26,27)15(22,23)13(20)21/h13H,2-7H2,1H3,(H,32,34). The van der Waals surface area contributed by atoms with Crippen LogP contribution in [0.15, 0.2) is 0 Å². The van der Waals surface area contributed by atoms with Crippen molar-refractivity contribution in [1.82, 2.24) is 0 Å². The van der Waals surface area contributed by atoms with Gasteiger partial charge in [-0.05, 0) is 38.2 Å². The lowest BCUT2D eigenvalue weighted by atomic mass is 9.94. The lowest BCUT2D eigenvalue weighted by molar-refractivity contribution is -0.406. The van der Waals surface area contributed by atoms with Crippen molar-refractivity contribution in [1.29, 1.82) is 0 Å². The molecule has 0 radical (unpaired) electrons. The molecule has 1 N–H and O–H groups in total. The molecule has 0 saturated carbocycles. The molecule has 17 heteroatoms. The van der Waals surface area contributed by atoms with Crippen molar-refractivity contribution in [3.8, 4) is 0 Å². The third kappa shape index (κ3) is 4.62. The molecule has 1 aliphatic carbocycles. The summed E-state index contributed by atoms with van der Waals surface area (Å²) in [5.41, 5.74) is -0.345. The van der Waals surface area contributed by atoms with Gasteiger partial charge in [-0.25, -0.2) is 13.6 Å². The summed E-state index contributed by atoms with van der Waals surface area (Å²) in [6.45, 7) is 1.08. The Kier molecular flexibility index (Phi) is 8.28. The Morgan fingerprint density at radius 3 is 1.97 bits per heavy atom. The van der Waals surface area contributed by atoms with Gasteiger partial charge in [0, 0.05) is 4.88 Å². The molecule has 1 heterocycles. The van der Waals surface area contributed by atoms with Gasteiger partial charge in [0.05, 0.1) is 12.2 Å². The van der Waals surface area contributed by atoms with E-state index in [1.807, 2.05) is 0 Å². The largest absolute Gasteiger partial charge is 0.462 e. The van der Waals surface area contributed by atoms with Crippen molar-refractivity contribution in [2.24, 2.45) is 0 Å². The minimum atomic E-state index is -7.84. The van der Waals surface area contributed by atoms with Crippen LogP contribution >= 0.6 is 11.3 Å². The summed E-state index contributed by atoms with van der Waals surface area (Å²) in [4.78, 5) is 24.6. The zero-order valence-electron chi connectivity index (χ0n) is 18.0. The second kappa shape index (κ2) is 9.93. The van der Waals surface area contributed by atoms with Crippen molar-refractivity contribution in [3.63, 3.8) is 0 Å². The van der Waals surface area contributed by atoms with E-state index in [1.54, 1.807) is 0 Å². The Bertz CT molecular complexity index is 993. The Morgan fingerprint density at radius 2 is 1.44 bits per heavy atom. The van der Waals surface area contributed by atoms with Gasteiger partial charge in [0.1, 0.15) is 5.00 Å². The number of rotatable bonds is 9. The Morgan fingerprint density at radius 1 is 0.889 bits per heavy atom. The Balaban J connectivity index is 2.51. The fourth-order valence-corrected chi connectivity index (χ4v) is 4.59. The molecule has 0 atom stereocenters. The summed E-state index contributed by atoms with van der Waals surface area (Å²) < 4.78 is 166. The molecule has 0 aromatic carbocycles. The van der Waals surface area contributed by atoms with E-state index in [0.717, 1.165) is 5.32 Å². The van der Waals surface area contributed by atoms with E-state index in [0.29, 0.717) is 35.5 Å². The highest BCUT2D eigenvalue weighted by molar-refractivity contribution is 7.17. The molecule has 0 bridgehead atoms. The third-order valence-corrected chi connectivity index (χ3v) is 6.50. The van der Waals surface area contributed by atoms with Gasteiger partial charge >= 0.3 is 47.9 Å². The number of alkyl halides is 12. The van der Waals surface area contributed by atoms with Gasteiger partial charge in [-0.1, -0.05) is 6.42 Å². The van der Waals surface area contributed by atoms with Crippen molar-refractivity contribution in [3.05, 3.63) is 16.0 Å². The first-order valence-electron chi connectivity index (χ1n) is 10.1. The number of hydrogen-bond acceptors (Lipinski definition) is 4. The molecule has 0 unspecified atom stereocenters. The smallest absolute Gasteiger partial charge is 0.393 e. The summed E-state index contributed by atoms with van der Waals surface area (Å²) in [5.74, 6) is -41.7. The minimum Gasteiger partial charge on any atom is -0.462 e. The highest BCUT2D eigenvalue weighted by Crippen LogP contribution is 2.58. The summed E-state index contributed by atoms with van der Waals surface area (Å²) >= 11 is 0.440. The second-order valence-electron chi connectivity index (χ2n) is 7.66. The average Bonchev–Trinajstić information content (AvgIpc) is 2.93. The zero-order valence-corrected chi connectivity index (χ0v) is 18.8. The number of carbonyl (C=O) groups excluding carboxylic acids is 2. The van der Waals surface area contributed by atoms with Gasteiger partial charge in [-0.3, -0.25) is 4.79 Å². The third-order valence-electron chi connectivity index (χ3n) is 5.29. The molecular formula is C19H17F12NO3S. The van der Waals surface area contributed by atoms with Crippen LogP contribution in [-0.2, 0) is 22.4 Å². The lowest BCUT2D eigenvalue weighted by Crippen LogP contribution is -2.70. The second-order valence-corrected chi connectivity index (χ2v) is 8.77. The number of ether oxygens (including phenoxy) is 1. The van der Waals surface area contributed by atoms with Crippen LogP contribution in [0.2, 0.25) is 0 Å². The van der Waals surface area contributed by atoms with E-state index in [9.17, 15) is 62.3 Å². The van der Waals surface area contributed by atoms with Gasteiger partial charge in [0.15, 0.2) is 0 Å². The van der Waals surface area contributed by atoms with E-state index in [-0.39, 0.29) is 25.0 Å². The van der Waals surface area contributed by atoms with Gasteiger partial charge in [-0.15, -0.1) is 11.3 Å². The molecule has 0 spiro atoms. The van der Waals surface area contributed by atoms with E-state index in [4.69, 9.17) is 4.74 Å². The minimum absolute atomic E-state index is 0.162. The summed E-state index contributed by atoms with van der Waals surface area (Å²) in [6.07, 6.45) is -3.53. The number of carbonyl (C=O) groups is 2. The number of fused-ring (bicyclic) bond motifs is 1. The molecular weight excluding hydrogens is 550 g/mol. The predicted octanol–water partition coefficient (Wildman–Crippen LogP) is 6.57. The van der Waals surface area contributed by atoms with Gasteiger partial charge in [0.2, 0.25) is 0 Å². The van der Waals surface area contributed by atoms with Crippen molar-refractivity contribution in [2.75, 3.05) is 11.9 Å². The lowest BCUT2D eigenvalue weighted by Gasteiger charge is -2.38. The van der Waals surface area contributed by atoms with Crippen LogP contribution in [0, 0.1) is 0 Å². The maximum Gasteiger partial charge on any atom is 0.393 e. The molecule has 1 amide bonds. The Labute approximate surface area is 199 Å². The number of aryl methyl sites for hydroxylation is 1. The number of halogens is 12.